The maximum atomic E-state index is 11.5. The van der Waals surface area contributed by atoms with Crippen molar-refractivity contribution in [3.63, 3.8) is 0 Å². The zero-order chi connectivity index (χ0) is 10.6. The first kappa shape index (κ1) is 10.8. The van der Waals surface area contributed by atoms with Gasteiger partial charge in [0.1, 0.15) is 12.2 Å². The number of hydrogen-bond acceptors (Lipinski definition) is 4. The first-order chi connectivity index (χ1) is 6.63. The standard InChI is InChI=1S/C9H16N4O/c1-4-13-9(10-7-11-13)5-8(14)6-12(2)3/h7H,4-6H2,1-3H3. The Hall–Kier alpha value is -1.23. The SMILES string of the molecule is CCn1ncnc1CC(=O)CN(C)C. The molecule has 0 bridgehead atoms. The zero-order valence-electron chi connectivity index (χ0n) is 8.90. The van der Waals surface area contributed by atoms with Crippen LogP contribution in [-0.2, 0) is 17.8 Å². The van der Waals surface area contributed by atoms with Crippen molar-refractivity contribution >= 4 is 5.78 Å². The second kappa shape index (κ2) is 4.85. The van der Waals surface area contributed by atoms with Crippen molar-refractivity contribution in [2.24, 2.45) is 0 Å². The monoisotopic (exact) mass is 196 g/mol. The smallest absolute Gasteiger partial charge is 0.154 e. The summed E-state index contributed by atoms with van der Waals surface area (Å²) >= 11 is 0. The largest absolute Gasteiger partial charge is 0.302 e. The molecule has 1 rings (SSSR count). The van der Waals surface area contributed by atoms with Crippen LogP contribution in [0.2, 0.25) is 0 Å². The molecule has 0 saturated carbocycles. The number of aryl methyl sites for hydroxylation is 1. The summed E-state index contributed by atoms with van der Waals surface area (Å²) in [7, 11) is 3.75. The second-order valence-electron chi connectivity index (χ2n) is 3.45. The van der Waals surface area contributed by atoms with E-state index in [0.717, 1.165) is 12.4 Å². The van der Waals surface area contributed by atoms with Crippen LogP contribution in [-0.4, -0.2) is 46.1 Å². The van der Waals surface area contributed by atoms with Gasteiger partial charge in [-0.2, -0.15) is 5.10 Å². The molecule has 0 saturated heterocycles. The van der Waals surface area contributed by atoms with E-state index in [4.69, 9.17) is 0 Å². The number of carbonyl (C=O) groups excluding carboxylic acids is 1. The highest BCUT2D eigenvalue weighted by Gasteiger charge is 2.09. The van der Waals surface area contributed by atoms with Gasteiger partial charge >= 0.3 is 0 Å². The van der Waals surface area contributed by atoms with E-state index < -0.39 is 0 Å². The van der Waals surface area contributed by atoms with Gasteiger partial charge in [-0.1, -0.05) is 0 Å². The number of rotatable bonds is 5. The lowest BCUT2D eigenvalue weighted by atomic mass is 10.2. The van der Waals surface area contributed by atoms with E-state index in [1.165, 1.54) is 6.33 Å². The molecule has 5 heteroatoms. The lowest BCUT2D eigenvalue weighted by Gasteiger charge is -2.07. The second-order valence-corrected chi connectivity index (χ2v) is 3.45. The van der Waals surface area contributed by atoms with Gasteiger partial charge in [-0.3, -0.25) is 4.79 Å². The molecule has 1 heterocycles. The summed E-state index contributed by atoms with van der Waals surface area (Å²) in [6, 6.07) is 0. The third kappa shape index (κ3) is 2.92. The van der Waals surface area contributed by atoms with Gasteiger partial charge in [-0.15, -0.1) is 0 Å². The van der Waals surface area contributed by atoms with E-state index in [1.54, 1.807) is 4.68 Å². The molecule has 5 nitrogen and oxygen atoms in total. The predicted octanol–water partition coefficient (Wildman–Crippen LogP) is -0.0288. The minimum Gasteiger partial charge on any atom is -0.302 e. The predicted molar refractivity (Wildman–Crippen MR) is 53.0 cm³/mol. The molecule has 0 aliphatic rings. The van der Waals surface area contributed by atoms with Gasteiger partial charge in [0.05, 0.1) is 13.0 Å². The van der Waals surface area contributed by atoms with Crippen LogP contribution in [0.25, 0.3) is 0 Å². The molecule has 0 amide bonds. The normalized spacial score (nSPS) is 10.9. The zero-order valence-corrected chi connectivity index (χ0v) is 8.90. The molecular formula is C9H16N4O. The van der Waals surface area contributed by atoms with E-state index in [2.05, 4.69) is 10.1 Å². The number of Topliss-reactive ketones (excluding diaryl/α,β-unsaturated/α-hetero) is 1. The van der Waals surface area contributed by atoms with Crippen molar-refractivity contribution in [2.45, 2.75) is 19.9 Å². The topological polar surface area (TPSA) is 51.0 Å². The Morgan fingerprint density at radius 1 is 1.57 bits per heavy atom. The van der Waals surface area contributed by atoms with Crippen molar-refractivity contribution in [3.8, 4) is 0 Å². The summed E-state index contributed by atoms with van der Waals surface area (Å²) in [5, 5.41) is 4.01. The molecule has 0 aliphatic heterocycles. The number of carbonyl (C=O) groups is 1. The number of hydrogen-bond donors (Lipinski definition) is 0. The highest BCUT2D eigenvalue weighted by atomic mass is 16.1. The summed E-state index contributed by atoms with van der Waals surface area (Å²) in [5.74, 6) is 0.914. The summed E-state index contributed by atoms with van der Waals surface area (Å²) in [6.45, 7) is 3.19. The van der Waals surface area contributed by atoms with Gasteiger partial charge in [0, 0.05) is 6.54 Å². The number of ketones is 1. The molecule has 14 heavy (non-hydrogen) atoms. The van der Waals surface area contributed by atoms with Crippen molar-refractivity contribution in [1.29, 1.82) is 0 Å². The third-order valence-electron chi connectivity index (χ3n) is 1.84. The average molecular weight is 196 g/mol. The maximum absolute atomic E-state index is 11.5. The maximum Gasteiger partial charge on any atom is 0.154 e. The first-order valence-corrected chi connectivity index (χ1v) is 4.66. The molecular weight excluding hydrogens is 180 g/mol. The summed E-state index contributed by atoms with van der Waals surface area (Å²) in [5.41, 5.74) is 0. The van der Waals surface area contributed by atoms with Crippen molar-refractivity contribution in [2.75, 3.05) is 20.6 Å². The van der Waals surface area contributed by atoms with Crippen molar-refractivity contribution < 1.29 is 4.79 Å². The quantitative estimate of drug-likeness (QED) is 0.663. The Morgan fingerprint density at radius 2 is 2.29 bits per heavy atom. The molecule has 0 radical (unpaired) electrons. The molecule has 0 N–H and O–H groups in total. The van der Waals surface area contributed by atoms with Gasteiger partial charge < -0.3 is 4.90 Å². The molecule has 0 aliphatic carbocycles. The highest BCUT2D eigenvalue weighted by Crippen LogP contribution is 1.96. The van der Waals surface area contributed by atoms with Crippen molar-refractivity contribution in [1.82, 2.24) is 19.7 Å². The van der Waals surface area contributed by atoms with Crippen LogP contribution in [0.3, 0.4) is 0 Å². The fourth-order valence-electron chi connectivity index (χ4n) is 1.27. The van der Waals surface area contributed by atoms with E-state index in [9.17, 15) is 4.79 Å². The van der Waals surface area contributed by atoms with Crippen LogP contribution in [0.4, 0.5) is 0 Å². The molecule has 1 aromatic rings. The van der Waals surface area contributed by atoms with E-state index in [0.29, 0.717) is 13.0 Å². The van der Waals surface area contributed by atoms with Crippen LogP contribution in [0.1, 0.15) is 12.7 Å². The highest BCUT2D eigenvalue weighted by molar-refractivity contribution is 5.82. The van der Waals surface area contributed by atoms with Crippen LogP contribution in [0.15, 0.2) is 6.33 Å². The van der Waals surface area contributed by atoms with Gasteiger partial charge in [0.2, 0.25) is 0 Å². The molecule has 0 fully saturated rings. The molecule has 1 aromatic heterocycles. The van der Waals surface area contributed by atoms with Crippen LogP contribution in [0, 0.1) is 0 Å². The molecule has 0 aromatic carbocycles. The van der Waals surface area contributed by atoms with Gasteiger partial charge in [0.25, 0.3) is 0 Å². The van der Waals surface area contributed by atoms with E-state index in [1.807, 2.05) is 25.9 Å². The minimum absolute atomic E-state index is 0.165. The average Bonchev–Trinajstić information content (AvgIpc) is 2.50. The Balaban J connectivity index is 2.55. The van der Waals surface area contributed by atoms with Crippen LogP contribution in [0.5, 0.6) is 0 Å². The molecule has 78 valence electrons. The lowest BCUT2D eigenvalue weighted by Crippen LogP contribution is -2.24. The van der Waals surface area contributed by atoms with E-state index in [-0.39, 0.29) is 5.78 Å². The van der Waals surface area contributed by atoms with E-state index >= 15 is 0 Å². The lowest BCUT2D eigenvalue weighted by molar-refractivity contribution is -0.119. The fraction of sp³-hybridized carbons (Fsp3) is 0.667. The van der Waals surface area contributed by atoms with Crippen LogP contribution < -0.4 is 0 Å². The van der Waals surface area contributed by atoms with Gasteiger partial charge in [-0.25, -0.2) is 9.67 Å². The van der Waals surface area contributed by atoms with Gasteiger partial charge in [0.15, 0.2) is 5.78 Å². The number of likely N-dealkylation sites (N-methyl/N-ethyl adjacent to an activating group) is 1. The molecule has 0 spiro atoms. The van der Waals surface area contributed by atoms with Crippen LogP contribution >= 0.6 is 0 Å². The Bertz CT molecular complexity index is 306. The first-order valence-electron chi connectivity index (χ1n) is 4.66. The summed E-state index contributed by atoms with van der Waals surface area (Å²) in [6.07, 6.45) is 1.85. The van der Waals surface area contributed by atoms with Crippen molar-refractivity contribution in [3.05, 3.63) is 12.2 Å². The fourth-order valence-corrected chi connectivity index (χ4v) is 1.27. The summed E-state index contributed by atoms with van der Waals surface area (Å²) in [4.78, 5) is 17.4. The Kier molecular flexibility index (Phi) is 3.76. The molecule has 0 atom stereocenters. The molecule has 0 unspecified atom stereocenters. The third-order valence-corrected chi connectivity index (χ3v) is 1.84. The number of aromatic nitrogens is 3. The Morgan fingerprint density at radius 3 is 2.86 bits per heavy atom. The Labute approximate surface area is 83.7 Å². The van der Waals surface area contributed by atoms with Gasteiger partial charge in [-0.05, 0) is 21.0 Å². The minimum atomic E-state index is 0.165. The number of nitrogens with zero attached hydrogens (tertiary/aromatic N) is 4. The summed E-state index contributed by atoms with van der Waals surface area (Å²) < 4.78 is 1.74.